The molecule has 1 aromatic rings. The first-order valence-electron chi connectivity index (χ1n) is 3.94. The van der Waals surface area contributed by atoms with Crippen molar-refractivity contribution in [1.82, 2.24) is 4.98 Å². The van der Waals surface area contributed by atoms with E-state index in [4.69, 9.17) is 26.4 Å². The quantitative estimate of drug-likeness (QED) is 0.716. The molecule has 1 rings (SSSR count). The van der Waals surface area contributed by atoms with E-state index in [1.54, 1.807) is 26.3 Å². The van der Waals surface area contributed by atoms with Crippen LogP contribution in [-0.4, -0.2) is 24.3 Å². The van der Waals surface area contributed by atoms with Crippen LogP contribution in [0, 0.1) is 0 Å². The van der Waals surface area contributed by atoms with Crippen molar-refractivity contribution in [3.8, 4) is 17.4 Å². The minimum atomic E-state index is 0.319. The number of methoxy groups -OCH3 is 2. The van der Waals surface area contributed by atoms with Crippen molar-refractivity contribution in [2.75, 3.05) is 14.2 Å². The molecule has 5 heteroatoms. The first-order chi connectivity index (χ1) is 6.69. The highest BCUT2D eigenvalue weighted by Gasteiger charge is 2.12. The van der Waals surface area contributed by atoms with Crippen molar-refractivity contribution in [1.29, 1.82) is 0 Å². The van der Waals surface area contributed by atoms with Crippen molar-refractivity contribution in [3.05, 3.63) is 12.3 Å². The molecule has 76 valence electrons. The zero-order valence-corrected chi connectivity index (χ0v) is 9.05. The van der Waals surface area contributed by atoms with Crippen molar-refractivity contribution < 1.29 is 14.2 Å². The maximum Gasteiger partial charge on any atom is 0.267 e. The van der Waals surface area contributed by atoms with E-state index >= 15 is 0 Å². The van der Waals surface area contributed by atoms with Crippen molar-refractivity contribution in [3.63, 3.8) is 0 Å². The third kappa shape index (κ3) is 2.32. The van der Waals surface area contributed by atoms with Gasteiger partial charge < -0.3 is 14.2 Å². The largest absolute Gasteiger partial charge is 0.493 e. The molecule has 0 unspecified atom stereocenters. The standard InChI is InChI=1S/C9H11NO3S/c1-6(14)13-9-8(12-3)7(11-2)4-5-10-9/h4-5H,1-3H3. The van der Waals surface area contributed by atoms with Crippen LogP contribution in [0.25, 0.3) is 0 Å². The fourth-order valence-electron chi connectivity index (χ4n) is 0.970. The van der Waals surface area contributed by atoms with Gasteiger partial charge in [0, 0.05) is 19.2 Å². The number of pyridine rings is 1. The minimum absolute atomic E-state index is 0.319. The monoisotopic (exact) mass is 213 g/mol. The maximum atomic E-state index is 5.19. The van der Waals surface area contributed by atoms with E-state index in [0.717, 1.165) is 0 Å². The van der Waals surface area contributed by atoms with Gasteiger partial charge in [-0.3, -0.25) is 0 Å². The van der Waals surface area contributed by atoms with Gasteiger partial charge in [0.15, 0.2) is 10.8 Å². The maximum absolute atomic E-state index is 5.19. The summed E-state index contributed by atoms with van der Waals surface area (Å²) in [5, 5.41) is 0.379. The molecule has 0 fully saturated rings. The van der Waals surface area contributed by atoms with E-state index in [9.17, 15) is 0 Å². The third-order valence-electron chi connectivity index (χ3n) is 1.50. The third-order valence-corrected chi connectivity index (χ3v) is 1.58. The highest BCUT2D eigenvalue weighted by Crippen LogP contribution is 2.34. The number of thiocarbonyl (C=S) groups is 1. The smallest absolute Gasteiger partial charge is 0.267 e. The molecule has 0 saturated carbocycles. The minimum Gasteiger partial charge on any atom is -0.493 e. The Bertz CT molecular complexity index is 341. The first kappa shape index (κ1) is 10.7. The average Bonchev–Trinajstić information content (AvgIpc) is 2.16. The lowest BCUT2D eigenvalue weighted by atomic mass is 10.4. The molecule has 0 amide bonds. The number of ether oxygens (including phenoxy) is 3. The molecule has 0 saturated heterocycles. The zero-order chi connectivity index (χ0) is 10.6. The molecular formula is C9H11NO3S. The lowest BCUT2D eigenvalue weighted by Crippen LogP contribution is -2.03. The van der Waals surface area contributed by atoms with Gasteiger partial charge in [0.25, 0.3) is 5.88 Å². The second-order valence-corrected chi connectivity index (χ2v) is 3.02. The Morgan fingerprint density at radius 3 is 2.57 bits per heavy atom. The summed E-state index contributed by atoms with van der Waals surface area (Å²) in [4.78, 5) is 3.98. The zero-order valence-electron chi connectivity index (χ0n) is 8.23. The van der Waals surface area contributed by atoms with Crippen molar-refractivity contribution >= 4 is 17.3 Å². The molecule has 1 aromatic heterocycles. The molecule has 0 bridgehead atoms. The normalized spacial score (nSPS) is 9.36. The van der Waals surface area contributed by atoms with E-state index < -0.39 is 0 Å². The fourth-order valence-corrected chi connectivity index (χ4v) is 1.05. The van der Waals surface area contributed by atoms with Gasteiger partial charge in [0.05, 0.1) is 14.2 Å². The average molecular weight is 213 g/mol. The SMILES string of the molecule is COc1ccnc(OC(C)=S)c1OC. The molecular weight excluding hydrogens is 202 g/mol. The predicted octanol–water partition coefficient (Wildman–Crippen LogP) is 1.82. The van der Waals surface area contributed by atoms with Crippen LogP contribution in [0.3, 0.4) is 0 Å². The highest BCUT2D eigenvalue weighted by atomic mass is 32.1. The summed E-state index contributed by atoms with van der Waals surface area (Å²) in [6.45, 7) is 1.66. The van der Waals surface area contributed by atoms with Crippen LogP contribution in [0.2, 0.25) is 0 Å². The Morgan fingerprint density at radius 2 is 2.07 bits per heavy atom. The number of aromatic nitrogens is 1. The summed E-state index contributed by atoms with van der Waals surface area (Å²) in [7, 11) is 3.07. The van der Waals surface area contributed by atoms with Crippen molar-refractivity contribution in [2.45, 2.75) is 6.92 Å². The Hall–Kier alpha value is -1.36. The van der Waals surface area contributed by atoms with E-state index in [-0.39, 0.29) is 0 Å². The molecule has 0 aliphatic carbocycles. The lowest BCUT2D eigenvalue weighted by Gasteiger charge is -2.10. The van der Waals surface area contributed by atoms with Crippen LogP contribution in [0.5, 0.6) is 17.4 Å². The summed E-state index contributed by atoms with van der Waals surface area (Å²) < 4.78 is 15.4. The first-order valence-corrected chi connectivity index (χ1v) is 4.35. The Morgan fingerprint density at radius 1 is 1.36 bits per heavy atom. The van der Waals surface area contributed by atoms with Crippen LogP contribution < -0.4 is 14.2 Å². The van der Waals surface area contributed by atoms with Crippen molar-refractivity contribution in [2.24, 2.45) is 0 Å². The topological polar surface area (TPSA) is 40.6 Å². The molecule has 0 aromatic carbocycles. The van der Waals surface area contributed by atoms with E-state index in [2.05, 4.69) is 4.98 Å². The highest BCUT2D eigenvalue weighted by molar-refractivity contribution is 7.80. The predicted molar refractivity (Wildman–Crippen MR) is 56.2 cm³/mol. The molecule has 0 N–H and O–H groups in total. The number of rotatable bonds is 3. The second kappa shape index (κ2) is 4.76. The molecule has 4 nitrogen and oxygen atoms in total. The van der Waals surface area contributed by atoms with Gasteiger partial charge in [-0.2, -0.15) is 0 Å². The van der Waals surface area contributed by atoms with Gasteiger partial charge >= 0.3 is 0 Å². The second-order valence-electron chi connectivity index (χ2n) is 2.45. The molecule has 0 aliphatic heterocycles. The number of hydrogen-bond acceptors (Lipinski definition) is 5. The van der Waals surface area contributed by atoms with Crippen LogP contribution in [0.1, 0.15) is 6.92 Å². The van der Waals surface area contributed by atoms with Gasteiger partial charge in [0.1, 0.15) is 0 Å². The summed E-state index contributed by atoms with van der Waals surface area (Å²) in [5.74, 6) is 1.33. The number of hydrogen-bond donors (Lipinski definition) is 0. The molecule has 14 heavy (non-hydrogen) atoms. The Balaban J connectivity index is 3.08. The summed E-state index contributed by atoms with van der Waals surface area (Å²) in [6.07, 6.45) is 1.56. The lowest BCUT2D eigenvalue weighted by molar-refractivity contribution is 0.338. The molecule has 0 spiro atoms. The molecule has 1 heterocycles. The van der Waals surface area contributed by atoms with Gasteiger partial charge in [-0.1, -0.05) is 0 Å². The van der Waals surface area contributed by atoms with Crippen LogP contribution in [0.15, 0.2) is 12.3 Å². The van der Waals surface area contributed by atoms with E-state index in [1.165, 1.54) is 7.11 Å². The Labute approximate surface area is 87.8 Å². The summed E-state index contributed by atoms with van der Waals surface area (Å²) in [5.41, 5.74) is 0. The van der Waals surface area contributed by atoms with E-state index in [1.807, 2.05) is 0 Å². The fraction of sp³-hybridized carbons (Fsp3) is 0.333. The molecule has 0 aliphatic rings. The van der Waals surface area contributed by atoms with E-state index in [0.29, 0.717) is 22.4 Å². The van der Waals surface area contributed by atoms with Gasteiger partial charge in [-0.05, 0) is 12.2 Å². The summed E-state index contributed by atoms with van der Waals surface area (Å²) in [6, 6.07) is 1.68. The van der Waals surface area contributed by atoms with Gasteiger partial charge in [0.2, 0.25) is 5.75 Å². The van der Waals surface area contributed by atoms with Crippen LogP contribution in [-0.2, 0) is 0 Å². The van der Waals surface area contributed by atoms with Crippen LogP contribution in [0.4, 0.5) is 0 Å². The van der Waals surface area contributed by atoms with Gasteiger partial charge in [-0.25, -0.2) is 4.98 Å². The Kier molecular flexibility index (Phi) is 3.64. The molecule has 0 atom stereocenters. The van der Waals surface area contributed by atoms with Crippen LogP contribution >= 0.6 is 12.2 Å². The molecule has 0 radical (unpaired) electrons. The van der Waals surface area contributed by atoms with Gasteiger partial charge in [-0.15, -0.1) is 0 Å². The summed E-state index contributed by atoms with van der Waals surface area (Å²) >= 11 is 4.81. The number of nitrogens with zero attached hydrogens (tertiary/aromatic N) is 1.